The molecule has 0 aliphatic carbocycles. The zero-order valence-corrected chi connectivity index (χ0v) is 20.0. The largest absolute Gasteiger partial charge is 0.482 e. The summed E-state index contributed by atoms with van der Waals surface area (Å²) in [4.78, 5) is 36.3. The Balaban J connectivity index is 2.38. The average molecular weight is 475 g/mol. The first-order valence-corrected chi connectivity index (χ1v) is 10.8. The highest BCUT2D eigenvalue weighted by Crippen LogP contribution is 2.40. The van der Waals surface area contributed by atoms with Crippen LogP contribution in [-0.2, 0) is 30.4 Å². The van der Waals surface area contributed by atoms with E-state index in [-0.39, 0.29) is 41.6 Å². The van der Waals surface area contributed by atoms with Gasteiger partial charge < -0.3 is 28.4 Å². The summed E-state index contributed by atoms with van der Waals surface area (Å²) in [5, 5.41) is 0. The maximum atomic E-state index is 12.2. The molecule has 0 heterocycles. The molecule has 0 unspecified atom stereocenters. The lowest BCUT2D eigenvalue weighted by Crippen LogP contribution is -2.20. The van der Waals surface area contributed by atoms with Crippen LogP contribution in [0.2, 0.25) is 0 Å². The number of methoxy groups -OCH3 is 1. The third-order valence-electron chi connectivity index (χ3n) is 4.09. The molecule has 0 saturated carbocycles. The Bertz CT molecular complexity index is 921. The second-order valence-corrected chi connectivity index (χ2v) is 7.72. The molecule has 0 atom stereocenters. The smallest absolute Gasteiger partial charge is 0.344 e. The van der Waals surface area contributed by atoms with Gasteiger partial charge in [-0.1, -0.05) is 30.3 Å². The van der Waals surface area contributed by atoms with Gasteiger partial charge >= 0.3 is 17.9 Å². The number of benzene rings is 2. The summed E-state index contributed by atoms with van der Waals surface area (Å²) in [5.74, 6) is -1.67. The summed E-state index contributed by atoms with van der Waals surface area (Å²) in [6, 6.07) is 12.1. The van der Waals surface area contributed by atoms with E-state index in [0.717, 1.165) is 5.56 Å². The SMILES string of the molecule is COC(=O)c1cc(OCC(=O)OC(C)C)c(OCc2ccccc2)c(OCC(=O)OC(C)C)c1. The molecule has 2 aromatic rings. The summed E-state index contributed by atoms with van der Waals surface area (Å²) in [6.07, 6.45) is -0.644. The van der Waals surface area contributed by atoms with E-state index < -0.39 is 31.1 Å². The highest BCUT2D eigenvalue weighted by Gasteiger charge is 2.22. The van der Waals surface area contributed by atoms with Crippen LogP contribution in [0.3, 0.4) is 0 Å². The molecule has 0 saturated heterocycles. The van der Waals surface area contributed by atoms with Gasteiger partial charge in [0.1, 0.15) is 6.61 Å². The average Bonchev–Trinajstić information content (AvgIpc) is 2.79. The molecule has 0 aliphatic rings. The molecule has 0 aliphatic heterocycles. The van der Waals surface area contributed by atoms with Crippen molar-refractivity contribution < 1.29 is 42.8 Å². The van der Waals surface area contributed by atoms with Crippen LogP contribution in [0.5, 0.6) is 17.2 Å². The maximum Gasteiger partial charge on any atom is 0.344 e. The van der Waals surface area contributed by atoms with Crippen LogP contribution in [0.25, 0.3) is 0 Å². The minimum atomic E-state index is -0.668. The van der Waals surface area contributed by atoms with Gasteiger partial charge in [0.25, 0.3) is 0 Å². The Labute approximate surface area is 198 Å². The van der Waals surface area contributed by atoms with Crippen molar-refractivity contribution in [2.75, 3.05) is 20.3 Å². The van der Waals surface area contributed by atoms with E-state index in [0.29, 0.717) is 0 Å². The van der Waals surface area contributed by atoms with E-state index >= 15 is 0 Å². The molecule has 0 spiro atoms. The standard InChI is InChI=1S/C25H30O9/c1-16(2)33-22(26)14-30-20-11-19(25(28)29-5)12-21(31-15-23(27)34-17(3)4)24(20)32-13-18-9-7-6-8-10-18/h6-12,16-17H,13-15H2,1-5H3. The van der Waals surface area contributed by atoms with Crippen LogP contribution in [0.15, 0.2) is 42.5 Å². The fourth-order valence-electron chi connectivity index (χ4n) is 2.77. The quantitative estimate of drug-likeness (QED) is 0.336. The van der Waals surface area contributed by atoms with Crippen molar-refractivity contribution in [1.82, 2.24) is 0 Å². The highest BCUT2D eigenvalue weighted by atomic mass is 16.6. The summed E-state index contributed by atoms with van der Waals surface area (Å²) in [5.41, 5.74) is 0.934. The zero-order chi connectivity index (χ0) is 25.1. The van der Waals surface area contributed by atoms with Crippen molar-refractivity contribution in [1.29, 1.82) is 0 Å². The lowest BCUT2D eigenvalue weighted by molar-refractivity contribution is -0.150. The number of rotatable bonds is 12. The van der Waals surface area contributed by atoms with E-state index in [1.54, 1.807) is 27.7 Å². The molecular formula is C25H30O9. The number of ether oxygens (including phenoxy) is 6. The van der Waals surface area contributed by atoms with Gasteiger partial charge in [-0.25, -0.2) is 14.4 Å². The van der Waals surface area contributed by atoms with Crippen molar-refractivity contribution in [3.8, 4) is 17.2 Å². The molecule has 0 aromatic heterocycles. The molecule has 9 nitrogen and oxygen atoms in total. The first-order chi connectivity index (χ1) is 16.2. The lowest BCUT2D eigenvalue weighted by Gasteiger charge is -2.18. The highest BCUT2D eigenvalue weighted by molar-refractivity contribution is 5.91. The number of esters is 3. The van der Waals surface area contributed by atoms with Gasteiger partial charge in [-0.05, 0) is 45.4 Å². The maximum absolute atomic E-state index is 12.2. The van der Waals surface area contributed by atoms with E-state index in [2.05, 4.69) is 0 Å². The lowest BCUT2D eigenvalue weighted by atomic mass is 10.1. The van der Waals surface area contributed by atoms with Gasteiger partial charge in [-0.3, -0.25) is 0 Å². The topological polar surface area (TPSA) is 107 Å². The number of carbonyl (C=O) groups excluding carboxylic acids is 3. The minimum Gasteiger partial charge on any atom is -0.482 e. The van der Waals surface area contributed by atoms with Crippen LogP contribution in [0, 0.1) is 0 Å². The van der Waals surface area contributed by atoms with E-state index in [9.17, 15) is 14.4 Å². The molecular weight excluding hydrogens is 444 g/mol. The first kappa shape index (κ1) is 26.5. The van der Waals surface area contributed by atoms with E-state index in [1.807, 2.05) is 30.3 Å². The predicted octanol–water partition coefficient (Wildman–Crippen LogP) is 3.71. The molecule has 2 rings (SSSR count). The molecule has 0 bridgehead atoms. The fourth-order valence-corrected chi connectivity index (χ4v) is 2.77. The van der Waals surface area contributed by atoms with Crippen molar-refractivity contribution in [3.05, 3.63) is 53.6 Å². The Hall–Kier alpha value is -3.75. The van der Waals surface area contributed by atoms with Crippen molar-refractivity contribution in [2.45, 2.75) is 46.5 Å². The summed E-state index contributed by atoms with van der Waals surface area (Å²) < 4.78 is 32.2. The molecule has 9 heteroatoms. The normalized spacial score (nSPS) is 10.6. The Morgan fingerprint density at radius 3 is 1.71 bits per heavy atom. The third-order valence-corrected chi connectivity index (χ3v) is 4.09. The minimum absolute atomic E-state index is 0.0479. The predicted molar refractivity (Wildman–Crippen MR) is 122 cm³/mol. The van der Waals surface area contributed by atoms with Gasteiger partial charge in [0.05, 0.1) is 24.9 Å². The van der Waals surface area contributed by atoms with Gasteiger partial charge in [-0.15, -0.1) is 0 Å². The monoisotopic (exact) mass is 474 g/mol. The number of hydrogen-bond acceptors (Lipinski definition) is 9. The van der Waals surface area contributed by atoms with Crippen molar-refractivity contribution in [2.24, 2.45) is 0 Å². The molecule has 2 aromatic carbocycles. The summed E-state index contributed by atoms with van der Waals surface area (Å²) in [6.45, 7) is 6.13. The second-order valence-electron chi connectivity index (χ2n) is 7.72. The van der Waals surface area contributed by atoms with Gasteiger partial charge in [0.2, 0.25) is 5.75 Å². The van der Waals surface area contributed by atoms with E-state index in [4.69, 9.17) is 28.4 Å². The Kier molecular flexibility index (Phi) is 10.2. The molecule has 184 valence electrons. The molecule has 0 fully saturated rings. The summed E-state index contributed by atoms with van der Waals surface area (Å²) in [7, 11) is 1.23. The van der Waals surface area contributed by atoms with Gasteiger partial charge in [0.15, 0.2) is 24.7 Å². The molecule has 34 heavy (non-hydrogen) atoms. The van der Waals surface area contributed by atoms with Crippen molar-refractivity contribution >= 4 is 17.9 Å². The zero-order valence-electron chi connectivity index (χ0n) is 20.0. The molecule has 0 radical (unpaired) electrons. The van der Waals surface area contributed by atoms with Crippen LogP contribution in [-0.4, -0.2) is 50.4 Å². The molecule has 0 amide bonds. The van der Waals surface area contributed by atoms with Crippen LogP contribution in [0.1, 0.15) is 43.6 Å². The molecule has 0 N–H and O–H groups in total. The third kappa shape index (κ3) is 8.65. The number of carbonyl (C=O) groups is 3. The fraction of sp³-hybridized carbons (Fsp3) is 0.400. The van der Waals surface area contributed by atoms with E-state index in [1.165, 1.54) is 19.2 Å². The Morgan fingerprint density at radius 2 is 1.26 bits per heavy atom. The van der Waals surface area contributed by atoms with Gasteiger partial charge in [0, 0.05) is 0 Å². The van der Waals surface area contributed by atoms with Crippen LogP contribution >= 0.6 is 0 Å². The van der Waals surface area contributed by atoms with Crippen molar-refractivity contribution in [3.63, 3.8) is 0 Å². The van der Waals surface area contributed by atoms with Gasteiger partial charge in [-0.2, -0.15) is 0 Å². The Morgan fingerprint density at radius 1 is 0.765 bits per heavy atom. The van der Waals surface area contributed by atoms with Crippen LogP contribution in [0.4, 0.5) is 0 Å². The van der Waals surface area contributed by atoms with Crippen LogP contribution < -0.4 is 14.2 Å². The second kappa shape index (κ2) is 13.1. The first-order valence-electron chi connectivity index (χ1n) is 10.8. The number of hydrogen-bond donors (Lipinski definition) is 0. The summed E-state index contributed by atoms with van der Waals surface area (Å²) >= 11 is 0.